The number of hydrogen-bond donors (Lipinski definition) is 6. The zero-order valence-electron chi connectivity index (χ0n) is 36.6. The number of rotatable bonds is 37. The largest absolute Gasteiger partial charge is 0.472 e. The molecule has 6 atom stereocenters. The van der Waals surface area contributed by atoms with Crippen molar-refractivity contribution in [3.8, 4) is 0 Å². The van der Waals surface area contributed by atoms with Crippen molar-refractivity contribution < 1.29 is 63.1 Å². The number of hydrogen-bond acceptors (Lipinski definition) is 12. The Morgan fingerprint density at radius 2 is 1.10 bits per heavy atom. The van der Waals surface area contributed by atoms with Crippen molar-refractivity contribution in [1.29, 1.82) is 0 Å². The fraction of sp³-hybridized carbons (Fsp3) is 0.500. The minimum absolute atomic E-state index is 0.0243. The van der Waals surface area contributed by atoms with Crippen molar-refractivity contribution in [3.05, 3.63) is 134 Å². The van der Waals surface area contributed by atoms with Gasteiger partial charge < -0.3 is 39.9 Å². The molecule has 0 aromatic carbocycles. The van der Waals surface area contributed by atoms with E-state index in [-0.39, 0.29) is 25.7 Å². The van der Waals surface area contributed by atoms with Crippen LogP contribution in [-0.2, 0) is 32.7 Å². The standard InChI is InChI=1S/C48H73O13P/c1-3-5-7-8-9-10-11-12-13-14-15-16-17-18-19-20-21-26-30-36-48(55)61-44(41-60-62(56,57)59-39-43(51)38-49)40-58-47(54)37-31-35-46(53)45(52)34-29-25-23-22-24-28-33-42(50)32-27-6-4-2/h5-7,9-10,12-13,15-16,18-19,21-29,33-34,42-46,49-53H,3-4,8,11,14,17,20,30-32,35-41H2,1-2H3,(H,56,57)/b7-5-,10-9-,13-12-,16-15-,19-18-,24-22+,25-23-,26-21-,27-6-,33-28+,34-29-/t42-,43+,44-,45+,46+/m1/s1. The molecule has 0 saturated carbocycles. The van der Waals surface area contributed by atoms with Crippen LogP contribution in [-0.4, -0.2) is 99.3 Å². The quantitative estimate of drug-likeness (QED) is 0.0151. The fourth-order valence-electron chi connectivity index (χ4n) is 4.77. The molecule has 0 rings (SSSR count). The van der Waals surface area contributed by atoms with Crippen molar-refractivity contribution in [1.82, 2.24) is 0 Å². The van der Waals surface area contributed by atoms with Crippen molar-refractivity contribution >= 4 is 19.8 Å². The molecule has 0 aliphatic rings. The Kier molecular flexibility index (Phi) is 38.4. The molecule has 14 heteroatoms. The molecule has 1 unspecified atom stereocenters. The first-order valence-corrected chi connectivity index (χ1v) is 23.0. The van der Waals surface area contributed by atoms with Gasteiger partial charge in [-0.3, -0.25) is 18.6 Å². The van der Waals surface area contributed by atoms with Crippen LogP contribution in [0.3, 0.4) is 0 Å². The maximum atomic E-state index is 12.6. The Balaban J connectivity index is 4.77. The highest BCUT2D eigenvalue weighted by atomic mass is 31.2. The van der Waals surface area contributed by atoms with Gasteiger partial charge in [-0.25, -0.2) is 4.57 Å². The molecule has 62 heavy (non-hydrogen) atoms. The lowest BCUT2D eigenvalue weighted by Gasteiger charge is -2.20. The summed E-state index contributed by atoms with van der Waals surface area (Å²) in [5, 5.41) is 48.7. The molecule has 0 saturated heterocycles. The van der Waals surface area contributed by atoms with E-state index in [4.69, 9.17) is 19.1 Å². The second kappa shape index (κ2) is 41.0. The van der Waals surface area contributed by atoms with Crippen molar-refractivity contribution in [2.45, 2.75) is 128 Å². The Hall–Kier alpha value is -4.01. The van der Waals surface area contributed by atoms with Gasteiger partial charge in [0.25, 0.3) is 0 Å². The second-order valence-electron chi connectivity index (χ2n) is 13.8. The molecule has 0 aromatic heterocycles. The van der Waals surface area contributed by atoms with Gasteiger partial charge in [0.15, 0.2) is 6.10 Å². The summed E-state index contributed by atoms with van der Waals surface area (Å²) >= 11 is 0. The molecule has 6 N–H and O–H groups in total. The monoisotopic (exact) mass is 888 g/mol. The highest BCUT2D eigenvalue weighted by Gasteiger charge is 2.27. The highest BCUT2D eigenvalue weighted by molar-refractivity contribution is 7.47. The number of phosphoric ester groups is 1. The molecule has 0 bridgehead atoms. The van der Waals surface area contributed by atoms with E-state index in [9.17, 15) is 39.5 Å². The Labute approximate surface area is 369 Å². The van der Waals surface area contributed by atoms with E-state index in [1.54, 1.807) is 42.5 Å². The minimum Gasteiger partial charge on any atom is -0.462 e. The van der Waals surface area contributed by atoms with E-state index in [0.717, 1.165) is 38.5 Å². The summed E-state index contributed by atoms with van der Waals surface area (Å²) in [4.78, 5) is 35.0. The van der Waals surface area contributed by atoms with Crippen LogP contribution in [0.2, 0.25) is 0 Å². The van der Waals surface area contributed by atoms with Crippen molar-refractivity contribution in [2.75, 3.05) is 26.4 Å². The van der Waals surface area contributed by atoms with Gasteiger partial charge in [-0.1, -0.05) is 148 Å². The van der Waals surface area contributed by atoms with E-state index < -0.39 is 76.7 Å². The molecule has 0 aromatic rings. The molecule has 13 nitrogen and oxygen atoms in total. The summed E-state index contributed by atoms with van der Waals surface area (Å²) in [5.74, 6) is -1.37. The summed E-state index contributed by atoms with van der Waals surface area (Å²) in [6.45, 7) is 1.55. The summed E-state index contributed by atoms with van der Waals surface area (Å²) in [5.41, 5.74) is 0. The van der Waals surface area contributed by atoms with Crippen LogP contribution in [0.1, 0.15) is 97.3 Å². The van der Waals surface area contributed by atoms with Gasteiger partial charge in [0.05, 0.1) is 38.1 Å². The summed E-state index contributed by atoms with van der Waals surface area (Å²) in [6.07, 6.45) is 43.8. The molecule has 0 aliphatic heterocycles. The molecule has 0 aliphatic carbocycles. The lowest BCUT2D eigenvalue weighted by Crippen LogP contribution is -2.30. The van der Waals surface area contributed by atoms with Gasteiger partial charge in [0, 0.05) is 12.8 Å². The van der Waals surface area contributed by atoms with Crippen LogP contribution in [0.25, 0.3) is 0 Å². The average molecular weight is 889 g/mol. The maximum Gasteiger partial charge on any atom is 0.472 e. The number of esters is 2. The normalized spacial score (nSPS) is 16.6. The van der Waals surface area contributed by atoms with Crippen LogP contribution in [0.15, 0.2) is 134 Å². The molecule has 0 heterocycles. The molecule has 0 spiro atoms. The molecular weight excluding hydrogens is 815 g/mol. The number of carbonyl (C=O) groups is 2. The predicted molar refractivity (Wildman–Crippen MR) is 246 cm³/mol. The Morgan fingerprint density at radius 3 is 1.66 bits per heavy atom. The van der Waals surface area contributed by atoms with Crippen LogP contribution in [0.5, 0.6) is 0 Å². The minimum atomic E-state index is -4.73. The first kappa shape index (κ1) is 58.0. The van der Waals surface area contributed by atoms with Crippen LogP contribution in [0.4, 0.5) is 0 Å². The first-order chi connectivity index (χ1) is 29.9. The summed E-state index contributed by atoms with van der Waals surface area (Å²) in [7, 11) is -4.73. The summed E-state index contributed by atoms with van der Waals surface area (Å²) < 4.78 is 32.4. The number of aliphatic hydroxyl groups excluding tert-OH is 5. The zero-order valence-corrected chi connectivity index (χ0v) is 37.5. The fourth-order valence-corrected chi connectivity index (χ4v) is 5.56. The summed E-state index contributed by atoms with van der Waals surface area (Å²) in [6, 6.07) is 0. The number of allylic oxidation sites excluding steroid dienone is 19. The van der Waals surface area contributed by atoms with E-state index in [0.29, 0.717) is 19.3 Å². The van der Waals surface area contributed by atoms with Gasteiger partial charge in [-0.05, 0) is 70.6 Å². The van der Waals surface area contributed by atoms with E-state index in [1.165, 1.54) is 6.08 Å². The average Bonchev–Trinajstić information content (AvgIpc) is 3.25. The molecule has 0 amide bonds. The molecule has 0 fully saturated rings. The lowest BCUT2D eigenvalue weighted by atomic mass is 10.1. The molecular formula is C48H73O13P. The SMILES string of the molecule is CC/C=C\C/C=C\C/C=C\C/C=C\C/C=C\C/C=C\CCC(=O)O[C@H](COC(=O)CCC[C@H](O)[C@@H](O)\C=C/C=C\C=C\C=C\[C@H](O)C/C=C\CC)COP(=O)(O)OC[C@@H](O)CO. The molecule has 0 radical (unpaired) electrons. The Bertz CT molecular complexity index is 1540. The Morgan fingerprint density at radius 1 is 0.597 bits per heavy atom. The van der Waals surface area contributed by atoms with Gasteiger partial charge >= 0.3 is 19.8 Å². The van der Waals surface area contributed by atoms with Crippen LogP contribution in [0, 0.1) is 0 Å². The smallest absolute Gasteiger partial charge is 0.462 e. The molecule has 348 valence electrons. The third kappa shape index (κ3) is 38.9. The highest BCUT2D eigenvalue weighted by Crippen LogP contribution is 2.43. The number of phosphoric acid groups is 1. The predicted octanol–water partition coefficient (Wildman–Crippen LogP) is 8.24. The number of aliphatic hydroxyl groups is 5. The lowest BCUT2D eigenvalue weighted by molar-refractivity contribution is -0.161. The van der Waals surface area contributed by atoms with Gasteiger partial charge in [-0.15, -0.1) is 0 Å². The van der Waals surface area contributed by atoms with Gasteiger partial charge in [0.2, 0.25) is 0 Å². The second-order valence-corrected chi connectivity index (χ2v) is 15.3. The zero-order chi connectivity index (χ0) is 45.9. The third-order valence-corrected chi connectivity index (χ3v) is 9.11. The van der Waals surface area contributed by atoms with Crippen LogP contribution < -0.4 is 0 Å². The first-order valence-electron chi connectivity index (χ1n) is 21.5. The van der Waals surface area contributed by atoms with Crippen LogP contribution >= 0.6 is 7.82 Å². The van der Waals surface area contributed by atoms with E-state index in [1.807, 2.05) is 37.3 Å². The van der Waals surface area contributed by atoms with Gasteiger partial charge in [0.1, 0.15) is 12.7 Å². The van der Waals surface area contributed by atoms with E-state index >= 15 is 0 Å². The number of carbonyl (C=O) groups excluding carboxylic acids is 2. The van der Waals surface area contributed by atoms with E-state index in [2.05, 4.69) is 66.1 Å². The third-order valence-electron chi connectivity index (χ3n) is 8.16. The number of ether oxygens (including phenoxy) is 2. The maximum absolute atomic E-state index is 12.6. The van der Waals surface area contributed by atoms with Crippen molar-refractivity contribution in [2.24, 2.45) is 0 Å². The van der Waals surface area contributed by atoms with Crippen molar-refractivity contribution in [3.63, 3.8) is 0 Å². The van der Waals surface area contributed by atoms with Gasteiger partial charge in [-0.2, -0.15) is 0 Å². The topological polar surface area (TPSA) is 210 Å².